The molecular weight excluding hydrogens is 402 g/mol. The molecule has 2 rings (SSSR count). The topological polar surface area (TPSA) is 91.1 Å². The van der Waals surface area contributed by atoms with Gasteiger partial charge < -0.3 is 19.1 Å². The van der Waals surface area contributed by atoms with Crippen LogP contribution >= 0.6 is 0 Å². The minimum absolute atomic E-state index is 0.139. The molecule has 0 fully saturated rings. The number of carbonyl (C=O) groups is 1. The zero-order valence-electron chi connectivity index (χ0n) is 17.0. The summed E-state index contributed by atoms with van der Waals surface area (Å²) in [6.45, 7) is 0.959. The molecule has 0 heterocycles. The summed E-state index contributed by atoms with van der Waals surface area (Å²) in [4.78, 5) is 24.5. The maximum atomic E-state index is 12.7. The van der Waals surface area contributed by atoms with Crippen molar-refractivity contribution in [3.8, 4) is 17.2 Å². The van der Waals surface area contributed by atoms with Gasteiger partial charge in [0.25, 0.3) is 11.6 Å². The monoisotopic (exact) mass is 424 g/mol. The molecule has 10 heteroatoms. The van der Waals surface area contributed by atoms with Crippen molar-refractivity contribution >= 4 is 11.6 Å². The number of nitro groups is 1. The van der Waals surface area contributed by atoms with Crippen molar-refractivity contribution in [2.45, 2.75) is 20.5 Å². The average Bonchev–Trinajstić information content (AvgIpc) is 2.65. The number of methoxy groups -OCH3 is 1. The molecule has 0 unspecified atom stereocenters. The molecule has 0 atom stereocenters. The first-order valence-corrected chi connectivity index (χ1v) is 8.90. The number of hydrogen-bond acceptors (Lipinski definition) is 6. The van der Waals surface area contributed by atoms with Gasteiger partial charge in [0.2, 0.25) is 0 Å². The van der Waals surface area contributed by atoms with E-state index >= 15 is 0 Å². The van der Waals surface area contributed by atoms with Crippen LogP contribution in [0, 0.1) is 24.0 Å². The fourth-order valence-electron chi connectivity index (χ4n) is 2.84. The summed E-state index contributed by atoms with van der Waals surface area (Å²) in [6, 6.07) is 7.46. The van der Waals surface area contributed by atoms with Crippen molar-refractivity contribution in [1.82, 2.24) is 4.90 Å². The summed E-state index contributed by atoms with van der Waals surface area (Å²) >= 11 is 0. The Morgan fingerprint density at radius 1 is 1.13 bits per heavy atom. The van der Waals surface area contributed by atoms with Crippen molar-refractivity contribution in [2.75, 3.05) is 27.3 Å². The van der Waals surface area contributed by atoms with Crippen LogP contribution in [0.5, 0.6) is 17.2 Å². The number of nitrogens with zero attached hydrogens (tertiary/aromatic N) is 2. The highest BCUT2D eigenvalue weighted by Crippen LogP contribution is 2.36. The number of halogens is 2. The molecule has 0 spiro atoms. The zero-order chi connectivity index (χ0) is 22.4. The van der Waals surface area contributed by atoms with Gasteiger partial charge in [-0.3, -0.25) is 14.9 Å². The first-order valence-electron chi connectivity index (χ1n) is 8.90. The molecule has 1 amide bonds. The van der Waals surface area contributed by atoms with Crippen LogP contribution in [0.25, 0.3) is 0 Å². The summed E-state index contributed by atoms with van der Waals surface area (Å²) in [6.07, 6.45) is 0. The third-order valence-corrected chi connectivity index (χ3v) is 4.16. The van der Waals surface area contributed by atoms with Crippen LogP contribution in [0.3, 0.4) is 0 Å². The highest BCUT2D eigenvalue weighted by molar-refractivity contribution is 5.99. The van der Waals surface area contributed by atoms with E-state index in [1.54, 1.807) is 0 Å². The normalized spacial score (nSPS) is 10.6. The molecule has 162 valence electrons. The summed E-state index contributed by atoms with van der Waals surface area (Å²) < 4.78 is 39.9. The number of ether oxygens (including phenoxy) is 3. The second kappa shape index (κ2) is 9.86. The Balaban J connectivity index is 2.18. The number of aryl methyl sites for hydroxylation is 2. The Hall–Kier alpha value is -3.43. The van der Waals surface area contributed by atoms with E-state index in [4.69, 9.17) is 9.47 Å². The Kier molecular flexibility index (Phi) is 7.51. The van der Waals surface area contributed by atoms with Crippen molar-refractivity contribution < 1.29 is 32.7 Å². The van der Waals surface area contributed by atoms with Crippen LogP contribution in [0.2, 0.25) is 0 Å². The number of likely N-dealkylation sites (N-methyl/N-ethyl adjacent to an activating group) is 1. The van der Waals surface area contributed by atoms with Gasteiger partial charge in [-0.05, 0) is 37.1 Å². The predicted octanol–water partition coefficient (Wildman–Crippen LogP) is 3.97. The number of amides is 1. The number of alkyl halides is 2. The van der Waals surface area contributed by atoms with E-state index in [2.05, 4.69) is 4.74 Å². The zero-order valence-corrected chi connectivity index (χ0v) is 17.0. The lowest BCUT2D eigenvalue weighted by atomic mass is 10.1. The summed E-state index contributed by atoms with van der Waals surface area (Å²) in [7, 11) is 2.63. The number of hydrogen-bond donors (Lipinski definition) is 0. The van der Waals surface area contributed by atoms with Gasteiger partial charge in [-0.2, -0.15) is 8.78 Å². The molecule has 0 saturated carbocycles. The lowest BCUT2D eigenvalue weighted by molar-refractivity contribution is -0.385. The van der Waals surface area contributed by atoms with E-state index in [-0.39, 0.29) is 24.5 Å². The fraction of sp³-hybridized carbons (Fsp3) is 0.350. The molecule has 0 aliphatic heterocycles. The van der Waals surface area contributed by atoms with Crippen molar-refractivity contribution in [1.29, 1.82) is 0 Å². The van der Waals surface area contributed by atoms with Crippen LogP contribution in [-0.2, 0) is 0 Å². The Morgan fingerprint density at radius 2 is 1.77 bits per heavy atom. The van der Waals surface area contributed by atoms with Gasteiger partial charge in [0, 0.05) is 13.1 Å². The Bertz CT molecular complexity index is 916. The lowest BCUT2D eigenvalue weighted by Crippen LogP contribution is -2.31. The minimum Gasteiger partial charge on any atom is -0.493 e. The minimum atomic E-state index is -3.20. The molecule has 0 saturated heterocycles. The van der Waals surface area contributed by atoms with Gasteiger partial charge in [-0.1, -0.05) is 6.07 Å². The Morgan fingerprint density at radius 3 is 2.30 bits per heavy atom. The molecule has 0 N–H and O–H groups in total. The molecule has 0 radical (unpaired) electrons. The smallest absolute Gasteiger partial charge is 0.387 e. The van der Waals surface area contributed by atoms with E-state index in [1.165, 1.54) is 19.1 Å². The highest BCUT2D eigenvalue weighted by Gasteiger charge is 2.27. The number of carbonyl (C=O) groups excluding carboxylic acids is 1. The van der Waals surface area contributed by atoms with E-state index in [9.17, 15) is 23.7 Å². The molecular formula is C20H22F2N2O6. The third kappa shape index (κ3) is 5.79. The largest absolute Gasteiger partial charge is 0.493 e. The standard InChI is InChI=1S/C20H22F2N2O6/c1-12-7-13(2)9-14(8-12)29-6-5-23(3)19(25)15-10-17(28-4)18(30-20(21)22)11-16(15)24(26)27/h7-11,20H,5-6H2,1-4H3. The molecule has 2 aromatic rings. The van der Waals surface area contributed by atoms with Crippen LogP contribution in [-0.4, -0.2) is 49.7 Å². The van der Waals surface area contributed by atoms with Gasteiger partial charge >= 0.3 is 6.61 Å². The van der Waals surface area contributed by atoms with Crippen molar-refractivity contribution in [3.63, 3.8) is 0 Å². The molecule has 0 aromatic heterocycles. The number of nitro benzene ring substituents is 1. The van der Waals surface area contributed by atoms with E-state index in [1.807, 2.05) is 32.0 Å². The first-order chi connectivity index (χ1) is 14.1. The maximum absolute atomic E-state index is 12.7. The number of benzene rings is 2. The first kappa shape index (κ1) is 22.9. The number of rotatable bonds is 9. The van der Waals surface area contributed by atoms with Gasteiger partial charge in [0.05, 0.1) is 24.6 Å². The fourth-order valence-corrected chi connectivity index (χ4v) is 2.84. The van der Waals surface area contributed by atoms with Crippen LogP contribution in [0.15, 0.2) is 30.3 Å². The highest BCUT2D eigenvalue weighted by atomic mass is 19.3. The van der Waals surface area contributed by atoms with Gasteiger partial charge in [-0.15, -0.1) is 0 Å². The SMILES string of the molecule is COc1cc(C(=O)N(C)CCOc2cc(C)cc(C)c2)c([N+](=O)[O-])cc1OC(F)F. The van der Waals surface area contributed by atoms with Gasteiger partial charge in [0.15, 0.2) is 11.5 Å². The molecule has 8 nitrogen and oxygen atoms in total. The Labute approximate surface area is 172 Å². The van der Waals surface area contributed by atoms with E-state index in [0.717, 1.165) is 23.3 Å². The molecule has 30 heavy (non-hydrogen) atoms. The lowest BCUT2D eigenvalue weighted by Gasteiger charge is -2.19. The predicted molar refractivity (Wildman–Crippen MR) is 105 cm³/mol. The van der Waals surface area contributed by atoms with Gasteiger partial charge in [-0.25, -0.2) is 0 Å². The van der Waals surface area contributed by atoms with Crippen molar-refractivity contribution in [3.05, 3.63) is 57.1 Å². The molecule has 0 bridgehead atoms. The maximum Gasteiger partial charge on any atom is 0.387 e. The second-order valence-electron chi connectivity index (χ2n) is 6.55. The summed E-state index contributed by atoms with van der Waals surface area (Å²) in [5.74, 6) is -0.789. The second-order valence-corrected chi connectivity index (χ2v) is 6.55. The van der Waals surface area contributed by atoms with Crippen LogP contribution in [0.4, 0.5) is 14.5 Å². The van der Waals surface area contributed by atoms with Crippen molar-refractivity contribution in [2.24, 2.45) is 0 Å². The summed E-state index contributed by atoms with van der Waals surface area (Å²) in [5.41, 5.74) is 1.08. The summed E-state index contributed by atoms with van der Waals surface area (Å²) in [5, 5.41) is 11.4. The van der Waals surface area contributed by atoms with Crippen LogP contribution < -0.4 is 14.2 Å². The van der Waals surface area contributed by atoms with E-state index < -0.39 is 28.9 Å². The van der Waals surface area contributed by atoms with Crippen LogP contribution in [0.1, 0.15) is 21.5 Å². The van der Waals surface area contributed by atoms with Gasteiger partial charge in [0.1, 0.15) is 17.9 Å². The molecule has 0 aliphatic carbocycles. The average molecular weight is 424 g/mol. The van der Waals surface area contributed by atoms with E-state index in [0.29, 0.717) is 5.75 Å². The molecule has 2 aromatic carbocycles. The quantitative estimate of drug-likeness (QED) is 0.447. The molecule has 0 aliphatic rings. The third-order valence-electron chi connectivity index (χ3n) is 4.16.